The molecule has 0 aliphatic carbocycles. The predicted molar refractivity (Wildman–Crippen MR) is 69.7 cm³/mol. The van der Waals surface area contributed by atoms with Crippen LogP contribution in [0.3, 0.4) is 0 Å². The number of carbonyl (C=O) groups excluding carboxylic acids is 2. The molecule has 0 spiro atoms. The van der Waals surface area contributed by atoms with Crippen molar-refractivity contribution in [3.63, 3.8) is 0 Å². The van der Waals surface area contributed by atoms with E-state index in [9.17, 15) is 24.8 Å². The summed E-state index contributed by atoms with van der Waals surface area (Å²) in [5.41, 5.74) is 0.0188. The van der Waals surface area contributed by atoms with Gasteiger partial charge in [-0.05, 0) is 25.1 Å². The second kappa shape index (κ2) is 6.50. The van der Waals surface area contributed by atoms with Gasteiger partial charge in [0.25, 0.3) is 6.54 Å². The summed E-state index contributed by atoms with van der Waals surface area (Å²) in [6.07, 6.45) is -0.701. The van der Waals surface area contributed by atoms with Crippen LogP contribution in [0, 0.1) is 10.1 Å². The van der Waals surface area contributed by atoms with Crippen molar-refractivity contribution in [1.82, 2.24) is 0 Å². The van der Waals surface area contributed by atoms with E-state index in [4.69, 9.17) is 4.74 Å². The maximum absolute atomic E-state index is 11.8. The minimum Gasteiger partial charge on any atom is -0.508 e. The number of ketones is 1. The number of aromatic hydroxyl groups is 1. The molecule has 1 rings (SSSR count). The smallest absolute Gasteiger partial charge is 0.414 e. The van der Waals surface area contributed by atoms with Gasteiger partial charge in [-0.1, -0.05) is 0 Å². The third kappa shape index (κ3) is 3.67. The van der Waals surface area contributed by atoms with Crippen molar-refractivity contribution in [3.8, 4) is 5.75 Å². The molecule has 8 nitrogen and oxygen atoms in total. The lowest BCUT2D eigenvalue weighted by molar-refractivity contribution is -0.465. The van der Waals surface area contributed by atoms with Gasteiger partial charge < -0.3 is 9.84 Å². The highest BCUT2D eigenvalue weighted by Crippen LogP contribution is 2.25. The van der Waals surface area contributed by atoms with Gasteiger partial charge in [0.1, 0.15) is 5.75 Å². The fourth-order valence-corrected chi connectivity index (χ4v) is 1.56. The minimum absolute atomic E-state index is 0.114. The van der Waals surface area contributed by atoms with Gasteiger partial charge in [-0.2, -0.15) is 0 Å². The summed E-state index contributed by atoms with van der Waals surface area (Å²) in [4.78, 5) is 34.1. The number of hydrogen-bond acceptors (Lipinski definition) is 6. The topological polar surface area (TPSA) is 110 Å². The third-order valence-corrected chi connectivity index (χ3v) is 2.46. The van der Waals surface area contributed by atoms with Gasteiger partial charge in [0, 0.05) is 12.0 Å². The normalized spacial score (nSPS) is 9.90. The van der Waals surface area contributed by atoms with Crippen LogP contribution in [0.15, 0.2) is 18.2 Å². The molecule has 0 radical (unpaired) electrons. The highest BCUT2D eigenvalue weighted by Gasteiger charge is 2.22. The molecule has 108 valence electrons. The Labute approximate surface area is 114 Å². The van der Waals surface area contributed by atoms with Crippen LogP contribution in [-0.2, 0) is 4.74 Å². The Morgan fingerprint density at radius 3 is 2.65 bits per heavy atom. The fraction of sp³-hybridized carbons (Fsp3) is 0.333. The average Bonchev–Trinajstić information content (AvgIpc) is 2.37. The Hall–Kier alpha value is -2.64. The SMILES string of the molecule is CCOC(=O)N(C)c1ccc(O)cc1C(=O)C[N+](=O)[O-]. The van der Waals surface area contributed by atoms with Crippen molar-refractivity contribution >= 4 is 17.6 Å². The summed E-state index contributed by atoms with van der Waals surface area (Å²) in [5.74, 6) is -1.03. The summed E-state index contributed by atoms with van der Waals surface area (Å²) in [5, 5.41) is 19.8. The standard InChI is InChI=1S/C12H14N2O6/c1-3-20-12(17)13(2)10-5-4-8(15)6-9(10)11(16)7-14(18)19/h4-6,15H,3,7H2,1-2H3. The van der Waals surface area contributed by atoms with Gasteiger partial charge in [0.05, 0.1) is 17.9 Å². The maximum atomic E-state index is 11.8. The largest absolute Gasteiger partial charge is 0.508 e. The summed E-state index contributed by atoms with van der Waals surface area (Å²) >= 11 is 0. The molecule has 0 saturated heterocycles. The van der Waals surface area contributed by atoms with Gasteiger partial charge in [-0.25, -0.2) is 4.79 Å². The Morgan fingerprint density at radius 2 is 2.10 bits per heavy atom. The molecule has 1 aromatic carbocycles. The number of Topliss-reactive ketones (excluding diaryl/α,β-unsaturated/α-hetero) is 1. The van der Waals surface area contributed by atoms with Gasteiger partial charge in [0.2, 0.25) is 5.78 Å². The van der Waals surface area contributed by atoms with Crippen molar-refractivity contribution in [2.24, 2.45) is 0 Å². The van der Waals surface area contributed by atoms with E-state index in [1.54, 1.807) is 6.92 Å². The second-order valence-electron chi connectivity index (χ2n) is 3.87. The van der Waals surface area contributed by atoms with E-state index in [1.165, 1.54) is 19.2 Å². The Bertz CT molecular complexity index is 543. The summed E-state index contributed by atoms with van der Waals surface area (Å²) < 4.78 is 4.78. The molecule has 0 aliphatic rings. The Kier molecular flexibility index (Phi) is 5.01. The van der Waals surface area contributed by atoms with E-state index in [1.807, 2.05) is 0 Å². The molecular weight excluding hydrogens is 268 g/mol. The highest BCUT2D eigenvalue weighted by molar-refractivity contribution is 6.05. The summed E-state index contributed by atoms with van der Waals surface area (Å²) in [6.45, 7) is 0.855. The number of hydrogen-bond donors (Lipinski definition) is 1. The van der Waals surface area contributed by atoms with Crippen LogP contribution < -0.4 is 4.90 Å². The van der Waals surface area contributed by atoms with Crippen molar-refractivity contribution in [2.45, 2.75) is 6.92 Å². The zero-order chi connectivity index (χ0) is 15.3. The Morgan fingerprint density at radius 1 is 1.45 bits per heavy atom. The molecule has 1 amide bonds. The molecule has 0 aliphatic heterocycles. The molecule has 0 heterocycles. The molecular formula is C12H14N2O6. The molecule has 0 bridgehead atoms. The first-order chi connectivity index (χ1) is 9.36. The van der Waals surface area contributed by atoms with E-state index >= 15 is 0 Å². The monoisotopic (exact) mass is 282 g/mol. The maximum Gasteiger partial charge on any atom is 0.414 e. The number of carbonyl (C=O) groups is 2. The summed E-state index contributed by atoms with van der Waals surface area (Å²) in [7, 11) is 1.37. The van der Waals surface area contributed by atoms with Gasteiger partial charge in [0.15, 0.2) is 0 Å². The van der Waals surface area contributed by atoms with E-state index in [-0.39, 0.29) is 23.6 Å². The first-order valence-electron chi connectivity index (χ1n) is 5.75. The van der Waals surface area contributed by atoms with E-state index in [0.29, 0.717) is 0 Å². The molecule has 0 saturated carbocycles. The quantitative estimate of drug-likeness (QED) is 0.497. The lowest BCUT2D eigenvalue weighted by Gasteiger charge is -2.19. The van der Waals surface area contributed by atoms with Crippen LogP contribution >= 0.6 is 0 Å². The van der Waals surface area contributed by atoms with Crippen LogP contribution in [0.5, 0.6) is 5.75 Å². The number of nitro groups is 1. The van der Waals surface area contributed by atoms with Crippen molar-refractivity contribution < 1.29 is 24.4 Å². The molecule has 8 heteroatoms. The number of benzene rings is 1. The first-order valence-corrected chi connectivity index (χ1v) is 5.75. The minimum atomic E-state index is -0.923. The number of anilines is 1. The van der Waals surface area contributed by atoms with Crippen LogP contribution in [0.2, 0.25) is 0 Å². The van der Waals surface area contributed by atoms with Crippen LogP contribution in [0.4, 0.5) is 10.5 Å². The van der Waals surface area contributed by atoms with E-state index < -0.39 is 23.3 Å². The molecule has 0 aromatic heterocycles. The molecule has 20 heavy (non-hydrogen) atoms. The van der Waals surface area contributed by atoms with Crippen LogP contribution in [-0.4, -0.2) is 42.1 Å². The molecule has 0 atom stereocenters. The van der Waals surface area contributed by atoms with Crippen LogP contribution in [0.25, 0.3) is 0 Å². The predicted octanol–water partition coefficient (Wildman–Crippen LogP) is 1.44. The van der Waals surface area contributed by atoms with Gasteiger partial charge in [-0.3, -0.25) is 19.8 Å². The van der Waals surface area contributed by atoms with E-state index in [0.717, 1.165) is 11.0 Å². The fourth-order valence-electron chi connectivity index (χ4n) is 1.56. The lowest BCUT2D eigenvalue weighted by Crippen LogP contribution is -2.29. The molecule has 1 aromatic rings. The number of phenols is 1. The van der Waals surface area contributed by atoms with Crippen molar-refractivity contribution in [2.75, 3.05) is 25.1 Å². The highest BCUT2D eigenvalue weighted by atomic mass is 16.6. The molecule has 0 unspecified atom stereocenters. The summed E-state index contributed by atoms with van der Waals surface area (Å²) in [6, 6.07) is 3.67. The second-order valence-corrected chi connectivity index (χ2v) is 3.87. The van der Waals surface area contributed by atoms with Gasteiger partial charge in [-0.15, -0.1) is 0 Å². The number of amides is 1. The number of ether oxygens (including phenoxy) is 1. The average molecular weight is 282 g/mol. The first kappa shape index (κ1) is 15.4. The van der Waals surface area contributed by atoms with Gasteiger partial charge >= 0.3 is 6.09 Å². The zero-order valence-corrected chi connectivity index (χ0v) is 11.0. The number of nitrogens with zero attached hydrogens (tertiary/aromatic N) is 2. The van der Waals surface area contributed by atoms with E-state index in [2.05, 4.69) is 0 Å². The number of phenolic OH excluding ortho intramolecular Hbond substituents is 1. The van der Waals surface area contributed by atoms with Crippen molar-refractivity contribution in [1.29, 1.82) is 0 Å². The third-order valence-electron chi connectivity index (χ3n) is 2.46. The molecule has 1 N–H and O–H groups in total. The van der Waals surface area contributed by atoms with Crippen molar-refractivity contribution in [3.05, 3.63) is 33.9 Å². The lowest BCUT2D eigenvalue weighted by atomic mass is 10.1. The Balaban J connectivity index is 3.16. The molecule has 0 fully saturated rings. The van der Waals surface area contributed by atoms with Crippen LogP contribution in [0.1, 0.15) is 17.3 Å². The zero-order valence-electron chi connectivity index (χ0n) is 11.0. The number of rotatable bonds is 5.